The maximum Gasteiger partial charge on any atom is 0.271 e. The van der Waals surface area contributed by atoms with Crippen molar-refractivity contribution in [2.45, 2.75) is 6.67 Å². The van der Waals surface area contributed by atoms with Crippen molar-refractivity contribution in [1.82, 2.24) is 9.55 Å². The molecule has 0 bridgehead atoms. The molecular formula is C17H13ClN4OS. The molecule has 3 aromatic rings. The Morgan fingerprint density at radius 3 is 2.96 bits per heavy atom. The molecule has 0 spiro atoms. The van der Waals surface area contributed by atoms with Crippen LogP contribution in [-0.4, -0.2) is 16.2 Å². The second kappa shape index (κ2) is 6.22. The lowest BCUT2D eigenvalue weighted by Crippen LogP contribution is -2.42. The first-order valence-corrected chi connectivity index (χ1v) is 8.56. The molecule has 24 heavy (non-hydrogen) atoms. The van der Waals surface area contributed by atoms with Crippen LogP contribution in [0.3, 0.4) is 0 Å². The molecule has 0 N–H and O–H groups in total. The summed E-state index contributed by atoms with van der Waals surface area (Å²) in [6.45, 7) is 0.974. The van der Waals surface area contributed by atoms with Crippen LogP contribution in [0.25, 0.3) is 6.08 Å². The summed E-state index contributed by atoms with van der Waals surface area (Å²) in [5.41, 5.74) is 1.82. The highest BCUT2D eigenvalue weighted by Gasteiger charge is 2.16. The van der Waals surface area contributed by atoms with Crippen molar-refractivity contribution < 1.29 is 0 Å². The van der Waals surface area contributed by atoms with Gasteiger partial charge in [-0.3, -0.25) is 14.3 Å². The molecule has 4 rings (SSSR count). The number of benzene rings is 1. The Morgan fingerprint density at radius 1 is 1.25 bits per heavy atom. The molecule has 2 aromatic heterocycles. The van der Waals surface area contributed by atoms with Crippen LogP contribution in [0.4, 0.5) is 5.69 Å². The summed E-state index contributed by atoms with van der Waals surface area (Å²) < 4.78 is 2.35. The molecule has 1 aliphatic heterocycles. The molecule has 0 saturated heterocycles. The average molecular weight is 357 g/mol. The summed E-state index contributed by atoms with van der Waals surface area (Å²) in [4.78, 5) is 24.0. The minimum atomic E-state index is -0.0330. The number of rotatable bonds is 2. The zero-order chi connectivity index (χ0) is 16.5. The normalized spacial score (nSPS) is 14.4. The van der Waals surface area contributed by atoms with Crippen LogP contribution in [-0.2, 0) is 6.67 Å². The van der Waals surface area contributed by atoms with E-state index in [0.717, 1.165) is 16.1 Å². The van der Waals surface area contributed by atoms with E-state index >= 15 is 0 Å². The van der Waals surface area contributed by atoms with Crippen molar-refractivity contribution >= 4 is 34.7 Å². The average Bonchev–Trinajstić information content (AvgIpc) is 2.91. The quantitative estimate of drug-likeness (QED) is 0.704. The minimum Gasteiger partial charge on any atom is -0.334 e. The molecule has 120 valence electrons. The number of pyridine rings is 1. The third-order valence-corrected chi connectivity index (χ3v) is 5.01. The Kier molecular flexibility index (Phi) is 3.92. The van der Waals surface area contributed by atoms with Crippen molar-refractivity contribution in [1.29, 1.82) is 0 Å². The van der Waals surface area contributed by atoms with Crippen LogP contribution in [0, 0.1) is 0 Å². The van der Waals surface area contributed by atoms with Gasteiger partial charge in [-0.05, 0) is 35.9 Å². The highest BCUT2D eigenvalue weighted by atomic mass is 35.5. The van der Waals surface area contributed by atoms with Crippen molar-refractivity contribution in [2.24, 2.45) is 4.99 Å². The highest BCUT2D eigenvalue weighted by molar-refractivity contribution is 7.07. The molecule has 5 nitrogen and oxygen atoms in total. The summed E-state index contributed by atoms with van der Waals surface area (Å²) >= 11 is 7.46. The molecule has 7 heteroatoms. The Balaban J connectivity index is 1.73. The van der Waals surface area contributed by atoms with Crippen LogP contribution in [0.5, 0.6) is 0 Å². The van der Waals surface area contributed by atoms with Crippen LogP contribution in [0.2, 0.25) is 5.02 Å². The van der Waals surface area contributed by atoms with E-state index in [4.69, 9.17) is 11.6 Å². The predicted molar refractivity (Wildman–Crippen MR) is 96.0 cm³/mol. The fraction of sp³-hybridized carbons (Fsp3) is 0.118. The van der Waals surface area contributed by atoms with E-state index in [0.29, 0.717) is 22.9 Å². The van der Waals surface area contributed by atoms with E-state index < -0.39 is 0 Å². The van der Waals surface area contributed by atoms with E-state index in [9.17, 15) is 4.79 Å². The van der Waals surface area contributed by atoms with Gasteiger partial charge in [0.25, 0.3) is 5.56 Å². The van der Waals surface area contributed by atoms with Gasteiger partial charge in [0.15, 0.2) is 4.80 Å². The Morgan fingerprint density at radius 2 is 2.17 bits per heavy atom. The molecule has 0 radical (unpaired) electrons. The second-order valence-corrected chi connectivity index (χ2v) is 6.82. The predicted octanol–water partition coefficient (Wildman–Crippen LogP) is 1.84. The molecule has 0 atom stereocenters. The van der Waals surface area contributed by atoms with E-state index in [-0.39, 0.29) is 5.56 Å². The van der Waals surface area contributed by atoms with E-state index in [2.05, 4.69) is 9.98 Å². The molecule has 0 fully saturated rings. The van der Waals surface area contributed by atoms with Crippen molar-refractivity contribution in [3.05, 3.63) is 79.1 Å². The molecule has 1 aliphatic rings. The van der Waals surface area contributed by atoms with E-state index in [1.54, 1.807) is 17.0 Å². The summed E-state index contributed by atoms with van der Waals surface area (Å²) in [5.74, 6) is 0. The maximum atomic E-state index is 12.7. The number of fused-ring (bicyclic) bond motifs is 1. The topological polar surface area (TPSA) is 50.5 Å². The molecule has 0 aliphatic carbocycles. The van der Waals surface area contributed by atoms with Gasteiger partial charge in [-0.15, -0.1) is 0 Å². The number of aromatic nitrogens is 2. The van der Waals surface area contributed by atoms with E-state index in [1.165, 1.54) is 11.3 Å². The number of thiazole rings is 1. The van der Waals surface area contributed by atoms with Gasteiger partial charge in [-0.25, -0.2) is 4.99 Å². The largest absolute Gasteiger partial charge is 0.334 e. The second-order valence-electron chi connectivity index (χ2n) is 5.37. The van der Waals surface area contributed by atoms with Gasteiger partial charge in [-0.2, -0.15) is 0 Å². The van der Waals surface area contributed by atoms with Crippen molar-refractivity contribution in [2.75, 3.05) is 11.6 Å². The third-order valence-electron chi connectivity index (χ3n) is 3.73. The highest BCUT2D eigenvalue weighted by Crippen LogP contribution is 2.20. The fourth-order valence-corrected chi connectivity index (χ4v) is 3.71. The standard InChI is InChI=1S/C17H13ClN4OS/c18-13-4-1-5-14(8-13)21-10-20-17-22(11-21)16(23)15(24-17)7-12-3-2-6-19-9-12/h1-9H,10-11H2. The number of hydrogen-bond acceptors (Lipinski definition) is 5. The number of nitrogens with zero attached hydrogens (tertiary/aromatic N) is 4. The van der Waals surface area contributed by atoms with Gasteiger partial charge in [-0.1, -0.05) is 35.1 Å². The van der Waals surface area contributed by atoms with Gasteiger partial charge in [0.2, 0.25) is 0 Å². The first-order valence-electron chi connectivity index (χ1n) is 7.37. The summed E-state index contributed by atoms with van der Waals surface area (Å²) in [5, 5.41) is 0.668. The van der Waals surface area contributed by atoms with Crippen LogP contribution < -0.4 is 19.8 Å². The molecule has 0 amide bonds. The van der Waals surface area contributed by atoms with E-state index in [1.807, 2.05) is 47.4 Å². The zero-order valence-electron chi connectivity index (χ0n) is 12.6. The van der Waals surface area contributed by atoms with Gasteiger partial charge >= 0.3 is 0 Å². The summed E-state index contributed by atoms with van der Waals surface area (Å²) in [7, 11) is 0. The Labute approximate surface area is 146 Å². The lowest BCUT2D eigenvalue weighted by Gasteiger charge is -2.25. The molecular weight excluding hydrogens is 344 g/mol. The monoisotopic (exact) mass is 356 g/mol. The maximum absolute atomic E-state index is 12.7. The van der Waals surface area contributed by atoms with Crippen LogP contribution in [0.1, 0.15) is 5.56 Å². The first-order chi connectivity index (χ1) is 11.7. The minimum absolute atomic E-state index is 0.0330. The number of anilines is 1. The first kappa shape index (κ1) is 15.1. The van der Waals surface area contributed by atoms with Crippen LogP contribution >= 0.6 is 22.9 Å². The number of halogens is 1. The van der Waals surface area contributed by atoms with Gasteiger partial charge in [0, 0.05) is 23.1 Å². The Hall–Kier alpha value is -2.44. The summed E-state index contributed by atoms with van der Waals surface area (Å²) in [6.07, 6.45) is 5.30. The lowest BCUT2D eigenvalue weighted by atomic mass is 10.3. The van der Waals surface area contributed by atoms with Gasteiger partial charge in [0.05, 0.1) is 4.53 Å². The van der Waals surface area contributed by atoms with Crippen molar-refractivity contribution in [3.63, 3.8) is 0 Å². The van der Waals surface area contributed by atoms with Gasteiger partial charge < -0.3 is 4.90 Å². The Bertz CT molecular complexity index is 1060. The summed E-state index contributed by atoms with van der Waals surface area (Å²) in [6, 6.07) is 11.3. The van der Waals surface area contributed by atoms with Crippen molar-refractivity contribution in [3.8, 4) is 0 Å². The smallest absolute Gasteiger partial charge is 0.271 e. The lowest BCUT2D eigenvalue weighted by molar-refractivity contribution is 0.569. The SMILES string of the molecule is O=c1c(=Cc2cccnc2)sc2n1CN(c1cccc(Cl)c1)CN=2. The molecule has 3 heterocycles. The molecule has 1 aromatic carbocycles. The molecule has 0 unspecified atom stereocenters. The van der Waals surface area contributed by atoms with Gasteiger partial charge in [0.1, 0.15) is 13.3 Å². The van der Waals surface area contributed by atoms with Crippen LogP contribution in [0.15, 0.2) is 58.6 Å². The number of hydrogen-bond donors (Lipinski definition) is 0. The molecule has 0 saturated carbocycles. The zero-order valence-corrected chi connectivity index (χ0v) is 14.2. The fourth-order valence-electron chi connectivity index (χ4n) is 2.56. The third kappa shape index (κ3) is 2.86.